The fourth-order valence-corrected chi connectivity index (χ4v) is 3.31. The van der Waals surface area contributed by atoms with Gasteiger partial charge >= 0.3 is 0 Å². The first-order chi connectivity index (χ1) is 14.2. The van der Waals surface area contributed by atoms with Crippen molar-refractivity contribution < 1.29 is 9.47 Å². The Hall–Kier alpha value is -2.65. The van der Waals surface area contributed by atoms with Crippen molar-refractivity contribution in [3.8, 4) is 5.75 Å². The molecule has 1 fully saturated rings. The van der Waals surface area contributed by atoms with Gasteiger partial charge in [-0.1, -0.05) is 12.1 Å². The third-order valence-electron chi connectivity index (χ3n) is 4.98. The van der Waals surface area contributed by atoms with Crippen molar-refractivity contribution in [1.82, 2.24) is 30.3 Å². The van der Waals surface area contributed by atoms with Crippen molar-refractivity contribution in [2.45, 2.75) is 19.5 Å². The topological polar surface area (TPSA) is 88.8 Å². The lowest BCUT2D eigenvalue weighted by atomic mass is 10.0. The molecule has 0 saturated carbocycles. The van der Waals surface area contributed by atoms with Crippen molar-refractivity contribution in [3.63, 3.8) is 0 Å². The average molecular weight is 402 g/mol. The third-order valence-corrected chi connectivity index (χ3v) is 4.98. The summed E-state index contributed by atoms with van der Waals surface area (Å²) < 4.78 is 12.7. The average Bonchev–Trinajstić information content (AvgIpc) is 3.18. The second-order valence-corrected chi connectivity index (χ2v) is 6.87. The van der Waals surface area contributed by atoms with Gasteiger partial charge in [-0.3, -0.25) is 4.90 Å². The molecule has 0 bridgehead atoms. The number of aromatic nitrogens is 3. The van der Waals surface area contributed by atoms with Gasteiger partial charge in [0.2, 0.25) is 0 Å². The lowest BCUT2D eigenvalue weighted by Crippen LogP contribution is -2.46. The molecular formula is C20H31N7O2. The van der Waals surface area contributed by atoms with E-state index in [1.54, 1.807) is 13.4 Å². The first kappa shape index (κ1) is 21.1. The zero-order valence-corrected chi connectivity index (χ0v) is 17.5. The van der Waals surface area contributed by atoms with Gasteiger partial charge < -0.3 is 24.7 Å². The standard InChI is InChI=1S/C20H31N7O2/c1-4-21-20(23-14-19-25-24-15-26(19)2)22-13-18(27-9-11-29-12-10-27)16-5-7-17(28-3)8-6-16/h5-8,15,18H,4,9-14H2,1-3H3,(H2,21,22,23). The van der Waals surface area contributed by atoms with Gasteiger partial charge in [0.15, 0.2) is 11.8 Å². The van der Waals surface area contributed by atoms with E-state index in [0.29, 0.717) is 6.54 Å². The molecule has 1 atom stereocenters. The van der Waals surface area contributed by atoms with Crippen LogP contribution < -0.4 is 15.4 Å². The summed E-state index contributed by atoms with van der Waals surface area (Å²) >= 11 is 0. The van der Waals surface area contributed by atoms with E-state index >= 15 is 0 Å². The Morgan fingerprint density at radius 3 is 2.62 bits per heavy atom. The summed E-state index contributed by atoms with van der Waals surface area (Å²) in [4.78, 5) is 7.11. The van der Waals surface area contributed by atoms with Crippen LogP contribution in [0.25, 0.3) is 0 Å². The van der Waals surface area contributed by atoms with Gasteiger partial charge in [-0.25, -0.2) is 4.99 Å². The van der Waals surface area contributed by atoms with Crippen LogP contribution in [0.3, 0.4) is 0 Å². The highest BCUT2D eigenvalue weighted by Gasteiger charge is 2.23. The Labute approximate surface area is 172 Å². The van der Waals surface area contributed by atoms with Gasteiger partial charge in [0.05, 0.1) is 26.4 Å². The number of guanidine groups is 1. The van der Waals surface area contributed by atoms with Crippen molar-refractivity contribution in [2.24, 2.45) is 12.0 Å². The molecule has 9 heteroatoms. The van der Waals surface area contributed by atoms with Gasteiger partial charge in [0, 0.05) is 33.2 Å². The highest BCUT2D eigenvalue weighted by atomic mass is 16.5. The van der Waals surface area contributed by atoms with Crippen LogP contribution in [0.1, 0.15) is 24.4 Å². The highest BCUT2D eigenvalue weighted by Crippen LogP contribution is 2.23. The molecule has 1 aliphatic rings. The van der Waals surface area contributed by atoms with E-state index in [2.05, 4.69) is 49.8 Å². The van der Waals surface area contributed by atoms with E-state index < -0.39 is 0 Å². The molecule has 0 aliphatic carbocycles. The van der Waals surface area contributed by atoms with E-state index in [4.69, 9.17) is 9.47 Å². The molecule has 3 rings (SSSR count). The van der Waals surface area contributed by atoms with Crippen LogP contribution >= 0.6 is 0 Å². The fraction of sp³-hybridized carbons (Fsp3) is 0.550. The number of hydrogen-bond acceptors (Lipinski definition) is 6. The fourth-order valence-electron chi connectivity index (χ4n) is 3.31. The maximum Gasteiger partial charge on any atom is 0.191 e. The number of hydrogen-bond donors (Lipinski definition) is 2. The molecule has 1 aliphatic heterocycles. The quantitative estimate of drug-likeness (QED) is 0.503. The monoisotopic (exact) mass is 401 g/mol. The molecule has 1 aromatic heterocycles. The second-order valence-electron chi connectivity index (χ2n) is 6.87. The minimum absolute atomic E-state index is 0.212. The molecule has 158 valence electrons. The number of rotatable bonds is 8. The maximum atomic E-state index is 5.54. The number of nitrogens with one attached hydrogen (secondary N) is 2. The molecule has 0 radical (unpaired) electrons. The van der Waals surface area contributed by atoms with Crippen LogP contribution in [-0.2, 0) is 18.3 Å². The summed E-state index contributed by atoms with van der Waals surface area (Å²) in [6.45, 7) is 7.38. The van der Waals surface area contributed by atoms with E-state index in [9.17, 15) is 0 Å². The summed E-state index contributed by atoms with van der Waals surface area (Å²) in [5.41, 5.74) is 1.24. The van der Waals surface area contributed by atoms with Gasteiger partial charge in [-0.15, -0.1) is 10.2 Å². The van der Waals surface area contributed by atoms with Gasteiger partial charge in [-0.05, 0) is 24.6 Å². The Balaban J connectivity index is 1.71. The number of morpholine rings is 1. The summed E-state index contributed by atoms with van der Waals surface area (Å²) in [6, 6.07) is 8.49. The summed E-state index contributed by atoms with van der Waals surface area (Å²) in [5.74, 6) is 2.45. The number of aliphatic imine (C=N–C) groups is 1. The van der Waals surface area contributed by atoms with Crippen LogP contribution in [0.4, 0.5) is 0 Å². The molecule has 2 heterocycles. The van der Waals surface area contributed by atoms with Crippen LogP contribution in [0.15, 0.2) is 35.6 Å². The van der Waals surface area contributed by atoms with Crippen molar-refractivity contribution in [3.05, 3.63) is 42.0 Å². The van der Waals surface area contributed by atoms with Crippen LogP contribution in [0, 0.1) is 0 Å². The summed E-state index contributed by atoms with van der Waals surface area (Å²) in [7, 11) is 3.61. The summed E-state index contributed by atoms with van der Waals surface area (Å²) in [5, 5.41) is 14.8. The van der Waals surface area contributed by atoms with Gasteiger partial charge in [0.25, 0.3) is 0 Å². The highest BCUT2D eigenvalue weighted by molar-refractivity contribution is 5.79. The number of ether oxygens (including phenoxy) is 2. The molecular weight excluding hydrogens is 370 g/mol. The Bertz CT molecular complexity index is 769. The largest absolute Gasteiger partial charge is 0.497 e. The minimum atomic E-state index is 0.212. The van der Waals surface area contributed by atoms with Crippen molar-refractivity contribution in [1.29, 1.82) is 0 Å². The molecule has 1 aromatic carbocycles. The lowest BCUT2D eigenvalue weighted by Gasteiger charge is -2.35. The molecule has 29 heavy (non-hydrogen) atoms. The lowest BCUT2D eigenvalue weighted by molar-refractivity contribution is 0.0170. The second kappa shape index (κ2) is 10.8. The van der Waals surface area contributed by atoms with Crippen molar-refractivity contribution >= 4 is 5.96 Å². The van der Waals surface area contributed by atoms with E-state index in [1.165, 1.54) is 5.56 Å². The third kappa shape index (κ3) is 5.91. The number of benzene rings is 1. The molecule has 9 nitrogen and oxygen atoms in total. The Morgan fingerprint density at radius 1 is 1.24 bits per heavy atom. The predicted octanol–water partition coefficient (Wildman–Crippen LogP) is 0.952. The zero-order chi connectivity index (χ0) is 20.5. The summed E-state index contributed by atoms with van der Waals surface area (Å²) in [6.07, 6.45) is 1.68. The van der Waals surface area contributed by atoms with Crippen LogP contribution in [-0.4, -0.2) is 72.1 Å². The normalized spacial score (nSPS) is 16.4. The van der Waals surface area contributed by atoms with Gasteiger partial charge in [0.1, 0.15) is 18.6 Å². The Kier molecular flexibility index (Phi) is 7.83. The van der Waals surface area contributed by atoms with E-state index in [0.717, 1.165) is 56.9 Å². The first-order valence-corrected chi connectivity index (χ1v) is 10.0. The maximum absolute atomic E-state index is 5.54. The van der Waals surface area contributed by atoms with Crippen LogP contribution in [0.5, 0.6) is 5.75 Å². The predicted molar refractivity (Wildman–Crippen MR) is 112 cm³/mol. The zero-order valence-electron chi connectivity index (χ0n) is 17.5. The number of methoxy groups -OCH3 is 1. The van der Waals surface area contributed by atoms with Crippen molar-refractivity contribution in [2.75, 3.05) is 46.5 Å². The molecule has 0 spiro atoms. The minimum Gasteiger partial charge on any atom is -0.497 e. The number of aryl methyl sites for hydroxylation is 1. The molecule has 1 unspecified atom stereocenters. The van der Waals surface area contributed by atoms with E-state index in [1.807, 2.05) is 23.7 Å². The van der Waals surface area contributed by atoms with Gasteiger partial charge in [-0.2, -0.15) is 0 Å². The van der Waals surface area contributed by atoms with E-state index in [-0.39, 0.29) is 6.04 Å². The molecule has 1 saturated heterocycles. The molecule has 2 N–H and O–H groups in total. The molecule has 0 amide bonds. The number of nitrogens with zero attached hydrogens (tertiary/aromatic N) is 5. The smallest absolute Gasteiger partial charge is 0.191 e. The first-order valence-electron chi connectivity index (χ1n) is 10.0. The SMILES string of the molecule is CCNC(=NCc1nncn1C)NCC(c1ccc(OC)cc1)N1CCOCC1. The molecule has 2 aromatic rings. The van der Waals surface area contributed by atoms with Crippen LogP contribution in [0.2, 0.25) is 0 Å². The Morgan fingerprint density at radius 2 is 2.00 bits per heavy atom.